The van der Waals surface area contributed by atoms with Crippen LogP contribution < -0.4 is 39.3 Å². The van der Waals surface area contributed by atoms with E-state index in [-0.39, 0.29) is 49.8 Å². The number of aliphatic imine (C=N–C) groups is 1. The molecule has 0 saturated carbocycles. The zero-order valence-electron chi connectivity index (χ0n) is 21.7. The minimum Gasteiger partial charge on any atom is -0.480 e. The van der Waals surface area contributed by atoms with Crippen LogP contribution in [0.1, 0.15) is 32.1 Å². The maximum Gasteiger partial charge on any atom is 0.326 e. The van der Waals surface area contributed by atoms with Crippen LogP contribution in [0.5, 0.6) is 0 Å². The molecule has 1 rings (SSSR count). The minimum atomic E-state index is -1.32. The summed E-state index contributed by atoms with van der Waals surface area (Å²) in [7, 11) is 2.14. The predicted molar refractivity (Wildman–Crippen MR) is 148 cm³/mol. The summed E-state index contributed by atoms with van der Waals surface area (Å²) in [6, 6.07) is -5.90. The van der Waals surface area contributed by atoms with Crippen molar-refractivity contribution in [3.05, 3.63) is 0 Å². The molecule has 0 aromatic rings. The van der Waals surface area contributed by atoms with Crippen molar-refractivity contribution in [1.29, 1.82) is 0 Å². The van der Waals surface area contributed by atoms with Gasteiger partial charge >= 0.3 is 11.9 Å². The first-order chi connectivity index (χ1) is 18.7. The summed E-state index contributed by atoms with van der Waals surface area (Å²) in [4.78, 5) is 77.8. The molecular weight excluding hydrogens is 570 g/mol. The number of carboxylic acid groups (broad SMARTS) is 2. The summed E-state index contributed by atoms with van der Waals surface area (Å²) in [5.41, 5.74) is 26.8. The van der Waals surface area contributed by atoms with Crippen molar-refractivity contribution in [2.24, 2.45) is 33.7 Å². The summed E-state index contributed by atoms with van der Waals surface area (Å²) in [5, 5.41) is 23.4. The van der Waals surface area contributed by atoms with Gasteiger partial charge in [-0.1, -0.05) is 21.6 Å². The molecule has 226 valence electrons. The third-order valence-corrected chi connectivity index (χ3v) is 8.10. The van der Waals surface area contributed by atoms with Crippen LogP contribution in [0.3, 0.4) is 0 Å². The van der Waals surface area contributed by atoms with E-state index in [2.05, 4.69) is 15.6 Å². The van der Waals surface area contributed by atoms with Crippen molar-refractivity contribution in [2.45, 2.75) is 62.3 Å². The van der Waals surface area contributed by atoms with Crippen LogP contribution in [0.15, 0.2) is 4.99 Å². The maximum atomic E-state index is 13.5. The van der Waals surface area contributed by atoms with Gasteiger partial charge in [0, 0.05) is 24.6 Å². The fraction of sp³-hybridized carbons (Fsp3) is 0.667. The van der Waals surface area contributed by atoms with Crippen molar-refractivity contribution < 1.29 is 39.0 Å². The first-order valence-electron chi connectivity index (χ1n) is 12.2. The van der Waals surface area contributed by atoms with Crippen LogP contribution in [0.25, 0.3) is 0 Å². The molecule has 0 aliphatic carbocycles. The number of hydrogen-bond acceptors (Lipinski definition) is 11. The fourth-order valence-corrected chi connectivity index (χ4v) is 5.87. The van der Waals surface area contributed by atoms with Crippen LogP contribution >= 0.6 is 21.6 Å². The maximum absolute atomic E-state index is 13.5. The molecule has 0 radical (unpaired) electrons. The van der Waals surface area contributed by atoms with Crippen molar-refractivity contribution >= 4 is 63.1 Å². The second-order valence-electron chi connectivity index (χ2n) is 8.89. The van der Waals surface area contributed by atoms with Gasteiger partial charge in [0.05, 0.1) is 12.5 Å². The number of likely N-dealkylation sites (tertiary alicyclic amines) is 1. The van der Waals surface area contributed by atoms with E-state index in [4.69, 9.17) is 33.8 Å². The Kier molecular flexibility index (Phi) is 15.1. The highest BCUT2D eigenvalue weighted by atomic mass is 33.1. The SMILES string of the molecule is NC(=O)C[C@H](N)C(=O)N[C@@H](CSSC[C@H](N)C(=O)O)C(=O)N1CCC[C@H]1C(=O)N[C@@H](CCCN=C(N)N)C(=O)O. The zero-order chi connectivity index (χ0) is 30.4. The first kappa shape index (κ1) is 34.7. The van der Waals surface area contributed by atoms with E-state index in [1.165, 1.54) is 4.90 Å². The van der Waals surface area contributed by atoms with E-state index in [1.54, 1.807) is 0 Å². The lowest BCUT2D eigenvalue weighted by molar-refractivity contribution is -0.144. The number of carbonyl (C=O) groups excluding carboxylic acids is 4. The molecule has 5 atom stereocenters. The Labute approximate surface area is 238 Å². The lowest BCUT2D eigenvalue weighted by Crippen LogP contribution is -2.57. The molecule has 0 bridgehead atoms. The number of nitrogens with two attached hydrogens (primary N) is 5. The topological polar surface area (TPSA) is 313 Å². The highest BCUT2D eigenvalue weighted by Gasteiger charge is 2.39. The molecule has 4 amide bonds. The van der Waals surface area contributed by atoms with Crippen LogP contribution in [-0.4, -0.2) is 111 Å². The van der Waals surface area contributed by atoms with Gasteiger partial charge in [-0.05, 0) is 25.7 Å². The highest BCUT2D eigenvalue weighted by Crippen LogP contribution is 2.25. The van der Waals surface area contributed by atoms with Crippen LogP contribution in [0, 0.1) is 0 Å². The number of rotatable bonds is 18. The number of hydrogen-bond donors (Lipinski definition) is 9. The summed E-state index contributed by atoms with van der Waals surface area (Å²) >= 11 is 0. The van der Waals surface area contributed by atoms with Gasteiger partial charge in [-0.3, -0.25) is 29.0 Å². The smallest absolute Gasteiger partial charge is 0.326 e. The minimum absolute atomic E-state index is 0.0184. The third kappa shape index (κ3) is 12.3. The molecule has 0 aromatic carbocycles. The average Bonchev–Trinajstić information content (AvgIpc) is 3.36. The van der Waals surface area contributed by atoms with Gasteiger partial charge in [0.1, 0.15) is 24.2 Å². The van der Waals surface area contributed by atoms with Crippen molar-refractivity contribution in [3.8, 4) is 0 Å². The molecule has 19 heteroatoms. The summed E-state index contributed by atoms with van der Waals surface area (Å²) in [6.45, 7) is 0.336. The lowest BCUT2D eigenvalue weighted by atomic mass is 10.1. The van der Waals surface area contributed by atoms with Crippen molar-refractivity contribution in [2.75, 3.05) is 24.6 Å². The molecule has 1 aliphatic rings. The standard InChI is InChI=1S/C21H37N9O8S2/c22-10(7-15(24)31)16(32)29-13(9-40-39-8-11(23)19(35)36)18(34)30-6-2-4-14(30)17(33)28-12(20(37)38)3-1-5-27-21(25)26/h10-14H,1-9,22-23H2,(H2,24,31)(H,28,33)(H,29,32)(H,35,36)(H,37,38)(H4,25,26,27)/t10-,11-,12-,13-,14-/m0/s1. The Balaban J connectivity index is 2.96. The second-order valence-corrected chi connectivity index (χ2v) is 11.4. The monoisotopic (exact) mass is 607 g/mol. The van der Waals surface area contributed by atoms with Gasteiger partial charge in [0.2, 0.25) is 23.6 Å². The summed E-state index contributed by atoms with van der Waals surface area (Å²) < 4.78 is 0. The van der Waals surface area contributed by atoms with Gasteiger partial charge in [-0.15, -0.1) is 0 Å². The van der Waals surface area contributed by atoms with Gasteiger partial charge in [0.15, 0.2) is 5.96 Å². The number of guanidine groups is 1. The van der Waals surface area contributed by atoms with Gasteiger partial charge < -0.3 is 54.4 Å². The highest BCUT2D eigenvalue weighted by molar-refractivity contribution is 8.76. The van der Waals surface area contributed by atoms with E-state index in [0.29, 0.717) is 6.42 Å². The van der Waals surface area contributed by atoms with Gasteiger partial charge in [-0.25, -0.2) is 4.79 Å². The summed E-state index contributed by atoms with van der Waals surface area (Å²) in [5.74, 6) is -5.59. The molecule has 0 aromatic heterocycles. The largest absolute Gasteiger partial charge is 0.480 e. The zero-order valence-corrected chi connectivity index (χ0v) is 23.3. The number of aliphatic carboxylic acids is 2. The van der Waals surface area contributed by atoms with Crippen molar-refractivity contribution in [3.63, 3.8) is 0 Å². The number of nitrogens with one attached hydrogen (secondary N) is 2. The quantitative estimate of drug-likeness (QED) is 0.0311. The average molecular weight is 608 g/mol. The van der Waals surface area contributed by atoms with Gasteiger partial charge in [0.25, 0.3) is 0 Å². The van der Waals surface area contributed by atoms with E-state index in [1.807, 2.05) is 0 Å². The summed E-state index contributed by atoms with van der Waals surface area (Å²) in [6.07, 6.45) is 0.568. The Hall–Kier alpha value is -3.29. The Bertz CT molecular complexity index is 966. The molecule has 40 heavy (non-hydrogen) atoms. The predicted octanol–water partition coefficient (Wildman–Crippen LogP) is -3.92. The molecular formula is C21H37N9O8S2. The molecule has 1 saturated heterocycles. The molecule has 0 spiro atoms. The number of amides is 4. The number of carbonyl (C=O) groups is 6. The number of nitrogens with zero attached hydrogens (tertiary/aromatic N) is 2. The van der Waals surface area contributed by atoms with E-state index in [0.717, 1.165) is 21.6 Å². The van der Waals surface area contributed by atoms with E-state index in [9.17, 15) is 33.9 Å². The molecule has 0 unspecified atom stereocenters. The van der Waals surface area contributed by atoms with Crippen molar-refractivity contribution in [1.82, 2.24) is 15.5 Å². The second kappa shape index (κ2) is 17.4. The molecule has 1 fully saturated rings. The molecule has 14 N–H and O–H groups in total. The van der Waals surface area contributed by atoms with Gasteiger partial charge in [-0.2, -0.15) is 0 Å². The van der Waals surface area contributed by atoms with Crippen LogP contribution in [0.4, 0.5) is 0 Å². The Morgan fingerprint density at radius 1 is 0.925 bits per heavy atom. The number of carboxylic acids is 2. The molecule has 17 nitrogen and oxygen atoms in total. The van der Waals surface area contributed by atoms with Crippen LogP contribution in [0.2, 0.25) is 0 Å². The molecule has 1 heterocycles. The normalized spacial score (nSPS) is 17.6. The first-order valence-corrected chi connectivity index (χ1v) is 14.7. The molecule has 1 aliphatic heterocycles. The van der Waals surface area contributed by atoms with E-state index >= 15 is 0 Å². The number of primary amides is 1. The third-order valence-electron chi connectivity index (χ3n) is 5.65. The fourth-order valence-electron chi connectivity index (χ4n) is 3.60. The van der Waals surface area contributed by atoms with E-state index < -0.39 is 72.2 Å². The Morgan fingerprint density at radius 2 is 1.57 bits per heavy atom. The van der Waals surface area contributed by atoms with Crippen LogP contribution in [-0.2, 0) is 28.8 Å². The lowest BCUT2D eigenvalue weighted by Gasteiger charge is -2.29. The Morgan fingerprint density at radius 3 is 2.15 bits per heavy atom.